The monoisotopic (exact) mass is 1330 g/mol. The van der Waals surface area contributed by atoms with Gasteiger partial charge in [-0.3, -0.25) is 18.2 Å². The molecular weight excluding hydrogens is 1290 g/mol. The van der Waals surface area contributed by atoms with Crippen molar-refractivity contribution in [3.63, 3.8) is 0 Å². The number of fused-ring (bicyclic) bond motifs is 5. The van der Waals surface area contributed by atoms with Crippen molar-refractivity contribution in [2.75, 3.05) is 7.11 Å². The lowest BCUT2D eigenvalue weighted by Gasteiger charge is -2.08. The van der Waals surface area contributed by atoms with Crippen LogP contribution in [0.4, 0.5) is 45.5 Å². The van der Waals surface area contributed by atoms with Crippen LogP contribution in [0, 0.1) is 20.8 Å². The van der Waals surface area contributed by atoms with Gasteiger partial charge in [0.2, 0.25) is 0 Å². The molecule has 0 aliphatic heterocycles. The second kappa shape index (κ2) is 25.8. The normalized spacial score (nSPS) is 12.3. The Morgan fingerprint density at radius 1 is 0.427 bits per heavy atom. The molecule has 458 valence electrons. The van der Waals surface area contributed by atoms with Crippen LogP contribution in [0.15, 0.2) is 194 Å². The van der Waals surface area contributed by atoms with Crippen molar-refractivity contribution in [3.8, 4) is 17.2 Å². The molecule has 10 aromatic rings. The Bertz CT molecular complexity index is 5420. The molecule has 1 aromatic heterocycles. The fourth-order valence-electron chi connectivity index (χ4n) is 8.58. The largest absolute Gasteiger partial charge is 0.505 e. The Labute approximate surface area is 505 Å². The fourth-order valence-corrected chi connectivity index (χ4v) is 11.3. The number of aromatic nitrogens is 3. The van der Waals surface area contributed by atoms with Crippen LogP contribution in [0.5, 0.6) is 11.5 Å². The van der Waals surface area contributed by atoms with E-state index in [1.54, 1.807) is 92.7 Å². The standard InChI is InChI=1S/C52H39N11O14S4.2O3S/c1-27-18-33(9-15-40(27)55-53-32-10-16-41(28(2)19-32)56-60-46-25-38-30(22-50(46)81(74,75)76)6-5-7-48(38)79(68,69)70)54-58-44-26-47(77-4)45(20-29(44)3)59-57-43-14-8-31-21-34(11-12-36(31)52(43)64)63-61-42-17-13-37-39(51(42)62-63)23-35(78(65,66)67)24-49(37)80(71,72)73;2*1-4(2)3/h5-26,64H,1-4H3,(H,65,66,67)(H,68,69,70)(H,71,72,73)(H,74,75,76);;. The van der Waals surface area contributed by atoms with E-state index in [0.29, 0.717) is 73.5 Å². The van der Waals surface area contributed by atoms with Crippen LogP contribution in [0.25, 0.3) is 49.0 Å². The molecule has 89 heavy (non-hydrogen) atoms. The van der Waals surface area contributed by atoms with Crippen molar-refractivity contribution >= 4 is 151 Å². The maximum absolute atomic E-state index is 12.3. The predicted molar refractivity (Wildman–Crippen MR) is 315 cm³/mol. The van der Waals surface area contributed by atoms with Crippen LogP contribution in [0.2, 0.25) is 0 Å². The molecule has 0 radical (unpaired) electrons. The third kappa shape index (κ3) is 15.4. The predicted octanol–water partition coefficient (Wildman–Crippen LogP) is 11.2. The van der Waals surface area contributed by atoms with Gasteiger partial charge in [-0.2, -0.15) is 64.0 Å². The number of aromatic hydroxyl groups is 1. The summed E-state index contributed by atoms with van der Waals surface area (Å²) >= 11 is 0. The molecule has 0 bridgehead atoms. The van der Waals surface area contributed by atoms with Crippen molar-refractivity contribution in [2.24, 2.45) is 40.9 Å². The van der Waals surface area contributed by atoms with Gasteiger partial charge in [-0.15, -0.1) is 50.8 Å². The minimum absolute atomic E-state index is 0.0124. The fraction of sp³-hybridized carbons (Fsp3) is 0.0769. The highest BCUT2D eigenvalue weighted by Crippen LogP contribution is 2.41. The van der Waals surface area contributed by atoms with E-state index in [-0.39, 0.29) is 49.7 Å². The molecular formula is C52H39N11O20S6. The summed E-state index contributed by atoms with van der Waals surface area (Å²) in [5.74, 6) is 0.117. The first-order chi connectivity index (χ1) is 41.7. The average molecular weight is 1330 g/mol. The zero-order chi connectivity index (χ0) is 65.1. The number of aryl methyl sites for hydroxylation is 3. The zero-order valence-corrected chi connectivity index (χ0v) is 50.3. The van der Waals surface area contributed by atoms with Gasteiger partial charge < -0.3 is 9.84 Å². The summed E-state index contributed by atoms with van der Waals surface area (Å²) in [5, 5.41) is 55.6. The Kier molecular flexibility index (Phi) is 18.8. The molecule has 0 saturated heterocycles. The molecule has 10 rings (SSSR count). The summed E-state index contributed by atoms with van der Waals surface area (Å²) in [4.78, 5) is -1.40. The molecule has 0 aliphatic rings. The topological polar surface area (TPSA) is 479 Å². The van der Waals surface area contributed by atoms with Crippen LogP contribution < -0.4 is 4.74 Å². The van der Waals surface area contributed by atoms with E-state index in [0.717, 1.165) is 29.8 Å². The third-order valence-electron chi connectivity index (χ3n) is 12.6. The first kappa shape index (κ1) is 65.0. The number of nitrogens with zero attached hydrogens (tertiary/aromatic N) is 11. The van der Waals surface area contributed by atoms with Gasteiger partial charge in [0, 0.05) is 27.6 Å². The highest BCUT2D eigenvalue weighted by Gasteiger charge is 2.24. The molecule has 1 heterocycles. The van der Waals surface area contributed by atoms with Gasteiger partial charge in [-0.05, 0) is 151 Å². The van der Waals surface area contributed by atoms with E-state index in [4.69, 9.17) is 30.0 Å². The minimum atomic E-state index is -4.93. The molecule has 5 N–H and O–H groups in total. The zero-order valence-electron chi connectivity index (χ0n) is 45.4. The van der Waals surface area contributed by atoms with Crippen molar-refractivity contribution in [3.05, 3.63) is 150 Å². The Hall–Kier alpha value is -9.96. The van der Waals surface area contributed by atoms with Crippen LogP contribution in [-0.2, 0) is 61.7 Å². The summed E-state index contributed by atoms with van der Waals surface area (Å²) in [6, 6.07) is 31.9. The van der Waals surface area contributed by atoms with E-state index in [2.05, 4.69) is 51.1 Å². The first-order valence-electron chi connectivity index (χ1n) is 24.4. The van der Waals surface area contributed by atoms with E-state index in [1.165, 1.54) is 36.2 Å². The van der Waals surface area contributed by atoms with Gasteiger partial charge in [-0.1, -0.05) is 24.3 Å². The number of phenols is 1. The van der Waals surface area contributed by atoms with E-state index in [9.17, 15) is 57.0 Å². The average Bonchev–Trinajstić information content (AvgIpc) is 1.97. The molecule has 31 nitrogen and oxygen atoms in total. The van der Waals surface area contributed by atoms with Gasteiger partial charge >= 0.3 is 21.2 Å². The number of methoxy groups -OCH3 is 1. The van der Waals surface area contributed by atoms with Gasteiger partial charge in [0.15, 0.2) is 5.75 Å². The summed E-state index contributed by atoms with van der Waals surface area (Å²) in [6.07, 6.45) is 0. The van der Waals surface area contributed by atoms with Gasteiger partial charge in [0.05, 0.1) is 46.1 Å². The highest BCUT2D eigenvalue weighted by atomic mass is 32.2. The molecule has 9 aromatic carbocycles. The van der Waals surface area contributed by atoms with Crippen LogP contribution in [0.3, 0.4) is 0 Å². The van der Waals surface area contributed by atoms with Crippen molar-refractivity contribution in [1.82, 2.24) is 15.0 Å². The molecule has 0 saturated carbocycles. The number of azo groups is 4. The SMILES string of the molecule is COc1cc(N=Nc2ccc(N=Nc3ccc(N=Nc4cc5c(S(=O)(=O)O)cccc5cc4S(=O)(=O)O)c(C)c3)c(C)c2)c(C)cc1N=Nc1ccc2cc(-n3nc4ccc5c(S(=O)(=O)O)cc(S(=O)(=O)O)cc5c4n3)ccc2c1O.O=S(=O)=O.O=S(=O)=O. The van der Waals surface area contributed by atoms with Gasteiger partial charge in [0.25, 0.3) is 40.5 Å². The number of ether oxygens (including phenoxy) is 1. The number of phenolic OH excluding ortho intramolecular Hbond substituents is 1. The Morgan fingerprint density at radius 3 is 1.52 bits per heavy atom. The summed E-state index contributed by atoms with van der Waals surface area (Å²) in [5.41, 5.74) is 5.02. The second-order valence-electron chi connectivity index (χ2n) is 18.4. The molecule has 0 amide bonds. The lowest BCUT2D eigenvalue weighted by molar-refractivity contribution is 0.416. The van der Waals surface area contributed by atoms with Gasteiger partial charge in [0.1, 0.15) is 48.5 Å². The second-order valence-corrected chi connectivity index (χ2v) is 24.8. The summed E-state index contributed by atoms with van der Waals surface area (Å²) in [7, 11) is -24.1. The van der Waals surface area contributed by atoms with Crippen molar-refractivity contribution < 1.29 is 87.0 Å². The van der Waals surface area contributed by atoms with E-state index >= 15 is 0 Å². The lowest BCUT2D eigenvalue weighted by Crippen LogP contribution is -2.04. The van der Waals surface area contributed by atoms with Crippen LogP contribution in [-0.4, -0.2) is 104 Å². The Morgan fingerprint density at radius 2 is 0.944 bits per heavy atom. The van der Waals surface area contributed by atoms with E-state index < -0.39 is 81.3 Å². The van der Waals surface area contributed by atoms with Crippen molar-refractivity contribution in [1.29, 1.82) is 0 Å². The quantitative estimate of drug-likeness (QED) is 0.0498. The Balaban J connectivity index is 0.00000121. The third-order valence-corrected chi connectivity index (χ3v) is 16.1. The number of benzene rings is 9. The smallest absolute Gasteiger partial charge is 0.425 e. The molecule has 0 atom stereocenters. The van der Waals surface area contributed by atoms with Crippen molar-refractivity contribution in [2.45, 2.75) is 40.4 Å². The molecule has 0 aliphatic carbocycles. The van der Waals surface area contributed by atoms with Gasteiger partial charge in [-0.25, -0.2) is 0 Å². The maximum atomic E-state index is 12.3. The summed E-state index contributed by atoms with van der Waals surface area (Å²) in [6.45, 7) is 5.32. The van der Waals surface area contributed by atoms with Crippen LogP contribution in [0.1, 0.15) is 16.7 Å². The molecule has 37 heteroatoms. The molecule has 0 fully saturated rings. The maximum Gasteiger partial charge on any atom is 0.425 e. The molecule has 0 spiro atoms. The highest BCUT2D eigenvalue weighted by molar-refractivity contribution is 7.87. The number of hydrogen-bond acceptors (Lipinski definition) is 26. The summed E-state index contributed by atoms with van der Waals surface area (Å²) < 4.78 is 193. The minimum Gasteiger partial charge on any atom is -0.505 e. The van der Waals surface area contributed by atoms with E-state index in [1.807, 2.05) is 6.92 Å². The number of hydrogen-bond donors (Lipinski definition) is 5. The first-order valence-corrected chi connectivity index (χ1v) is 32.1. The van der Waals surface area contributed by atoms with Crippen LogP contribution >= 0.6 is 0 Å². The number of rotatable bonds is 14. The lowest BCUT2D eigenvalue weighted by atomic mass is 10.1. The molecule has 0 unspecified atom stereocenters.